The number of hydrogen-bond acceptors (Lipinski definition) is 3. The number of sulfonamides is 1. The Morgan fingerprint density at radius 2 is 1.74 bits per heavy atom. The van der Waals surface area contributed by atoms with Gasteiger partial charge < -0.3 is 5.32 Å². The maximum atomic E-state index is 14.4. The van der Waals surface area contributed by atoms with Crippen LogP contribution in [0.3, 0.4) is 0 Å². The molecule has 1 aliphatic rings. The second-order valence-electron chi connectivity index (χ2n) is 8.04. The van der Waals surface area contributed by atoms with Gasteiger partial charge in [0.15, 0.2) is 0 Å². The molecule has 0 saturated heterocycles. The third kappa shape index (κ3) is 6.28. The number of carbonyl (C=O) groups excluding carboxylic acids is 1. The lowest BCUT2D eigenvalue weighted by molar-refractivity contribution is -0.122. The molecule has 0 unspecified atom stereocenters. The Bertz CT molecular complexity index is 984. The number of nitrogens with one attached hydrogen (secondary N) is 1. The molecule has 1 fully saturated rings. The smallest absolute Gasteiger partial charge is 0.243 e. The molecule has 0 radical (unpaired) electrons. The average molecular weight is 467 g/mol. The number of aryl methyl sites for hydroxylation is 1. The fraction of sp³-hybridized carbons (Fsp3) is 0.435. The van der Waals surface area contributed by atoms with Crippen LogP contribution in [0.25, 0.3) is 0 Å². The second kappa shape index (κ2) is 10.6. The van der Waals surface area contributed by atoms with E-state index in [9.17, 15) is 17.6 Å². The van der Waals surface area contributed by atoms with Crippen molar-refractivity contribution in [3.8, 4) is 0 Å². The van der Waals surface area contributed by atoms with Gasteiger partial charge in [0.05, 0.1) is 11.4 Å². The summed E-state index contributed by atoms with van der Waals surface area (Å²) < 4.78 is 42.1. The van der Waals surface area contributed by atoms with Gasteiger partial charge in [-0.2, -0.15) is 4.31 Å². The SMILES string of the molecule is Cc1ccc(S(=O)(=O)N(CC(=O)NC2CCCCCC2)Cc2c(F)cccc2Cl)cc1. The second-order valence-corrected chi connectivity index (χ2v) is 10.4. The molecule has 0 bridgehead atoms. The van der Waals surface area contributed by atoms with Crippen LogP contribution in [0.15, 0.2) is 47.4 Å². The van der Waals surface area contributed by atoms with E-state index in [0.29, 0.717) is 0 Å². The number of hydrogen-bond donors (Lipinski definition) is 1. The van der Waals surface area contributed by atoms with Gasteiger partial charge in [-0.05, 0) is 44.0 Å². The van der Waals surface area contributed by atoms with Crippen molar-refractivity contribution in [3.63, 3.8) is 0 Å². The minimum atomic E-state index is -4.05. The maximum Gasteiger partial charge on any atom is 0.243 e. The Morgan fingerprint density at radius 1 is 1.10 bits per heavy atom. The topological polar surface area (TPSA) is 66.5 Å². The highest BCUT2D eigenvalue weighted by Gasteiger charge is 2.29. The molecule has 168 valence electrons. The molecule has 2 aromatic carbocycles. The molecule has 1 saturated carbocycles. The zero-order chi connectivity index (χ0) is 22.4. The van der Waals surface area contributed by atoms with E-state index in [-0.39, 0.29) is 28.1 Å². The van der Waals surface area contributed by atoms with Gasteiger partial charge in [0, 0.05) is 23.2 Å². The third-order valence-corrected chi connectivity index (χ3v) is 7.76. The lowest BCUT2D eigenvalue weighted by Crippen LogP contribution is -2.44. The van der Waals surface area contributed by atoms with Crippen molar-refractivity contribution in [2.45, 2.75) is 62.9 Å². The highest BCUT2D eigenvalue weighted by Crippen LogP contribution is 2.25. The van der Waals surface area contributed by atoms with Crippen molar-refractivity contribution >= 4 is 27.5 Å². The zero-order valence-corrected chi connectivity index (χ0v) is 19.2. The molecule has 8 heteroatoms. The quantitative estimate of drug-likeness (QED) is 0.595. The van der Waals surface area contributed by atoms with E-state index in [4.69, 9.17) is 11.6 Å². The first kappa shape index (κ1) is 23.7. The van der Waals surface area contributed by atoms with Gasteiger partial charge in [-0.3, -0.25) is 4.79 Å². The van der Waals surface area contributed by atoms with E-state index in [1.807, 2.05) is 6.92 Å². The van der Waals surface area contributed by atoms with E-state index in [1.165, 1.54) is 30.3 Å². The van der Waals surface area contributed by atoms with Crippen LogP contribution < -0.4 is 5.32 Å². The molecule has 2 aromatic rings. The molecular formula is C23H28ClFN2O3S. The maximum absolute atomic E-state index is 14.4. The Kier molecular flexibility index (Phi) is 8.08. The van der Waals surface area contributed by atoms with Crippen LogP contribution in [0.2, 0.25) is 5.02 Å². The van der Waals surface area contributed by atoms with Crippen LogP contribution in [0.1, 0.15) is 49.7 Å². The van der Waals surface area contributed by atoms with E-state index < -0.39 is 28.3 Å². The summed E-state index contributed by atoms with van der Waals surface area (Å²) in [6.45, 7) is 1.12. The van der Waals surface area contributed by atoms with Crippen LogP contribution in [0.4, 0.5) is 4.39 Å². The number of halogens is 2. The first-order chi connectivity index (χ1) is 14.8. The van der Waals surface area contributed by atoms with Gasteiger partial charge in [-0.25, -0.2) is 12.8 Å². The van der Waals surface area contributed by atoms with Gasteiger partial charge in [0.25, 0.3) is 0 Å². The Balaban J connectivity index is 1.86. The van der Waals surface area contributed by atoms with E-state index in [1.54, 1.807) is 12.1 Å². The molecule has 0 spiro atoms. The number of nitrogens with zero attached hydrogens (tertiary/aromatic N) is 1. The van der Waals surface area contributed by atoms with Crippen LogP contribution in [0.5, 0.6) is 0 Å². The summed E-state index contributed by atoms with van der Waals surface area (Å²) in [7, 11) is -4.05. The van der Waals surface area contributed by atoms with Crippen molar-refractivity contribution in [1.29, 1.82) is 0 Å². The van der Waals surface area contributed by atoms with Crippen molar-refractivity contribution < 1.29 is 17.6 Å². The lowest BCUT2D eigenvalue weighted by atomic mass is 10.1. The first-order valence-corrected chi connectivity index (χ1v) is 12.4. The Morgan fingerprint density at radius 3 is 2.35 bits per heavy atom. The van der Waals surface area contributed by atoms with Crippen molar-refractivity contribution in [2.24, 2.45) is 0 Å². The van der Waals surface area contributed by atoms with E-state index in [0.717, 1.165) is 48.4 Å². The van der Waals surface area contributed by atoms with Crippen molar-refractivity contribution in [3.05, 3.63) is 64.4 Å². The standard InChI is InChI=1S/C23H28ClFN2O3S/c1-17-11-13-19(14-12-17)31(29,30)27(15-20-21(24)9-6-10-22(20)25)16-23(28)26-18-7-4-2-3-5-8-18/h6,9-14,18H,2-5,7-8,15-16H2,1H3,(H,26,28). The largest absolute Gasteiger partial charge is 0.352 e. The minimum Gasteiger partial charge on any atom is -0.352 e. The molecule has 1 amide bonds. The van der Waals surface area contributed by atoms with Crippen molar-refractivity contribution in [2.75, 3.05) is 6.54 Å². The fourth-order valence-electron chi connectivity index (χ4n) is 3.80. The van der Waals surface area contributed by atoms with Crippen LogP contribution in [-0.4, -0.2) is 31.2 Å². The van der Waals surface area contributed by atoms with Crippen LogP contribution in [0, 0.1) is 12.7 Å². The third-order valence-electron chi connectivity index (χ3n) is 5.60. The molecular weight excluding hydrogens is 439 g/mol. The Labute approximate surface area is 188 Å². The summed E-state index contributed by atoms with van der Waals surface area (Å²) in [6, 6.07) is 10.6. The molecule has 1 aliphatic carbocycles. The highest BCUT2D eigenvalue weighted by molar-refractivity contribution is 7.89. The molecule has 0 heterocycles. The predicted octanol–water partition coefficient (Wildman–Crippen LogP) is 4.82. The van der Waals surface area contributed by atoms with Gasteiger partial charge in [-0.15, -0.1) is 0 Å². The molecule has 31 heavy (non-hydrogen) atoms. The molecule has 0 aliphatic heterocycles. The highest BCUT2D eigenvalue weighted by atomic mass is 35.5. The van der Waals surface area contributed by atoms with Crippen LogP contribution >= 0.6 is 11.6 Å². The van der Waals surface area contributed by atoms with E-state index >= 15 is 0 Å². The first-order valence-electron chi connectivity index (χ1n) is 10.6. The lowest BCUT2D eigenvalue weighted by Gasteiger charge is -2.24. The molecule has 5 nitrogen and oxygen atoms in total. The molecule has 0 aromatic heterocycles. The van der Waals surface area contributed by atoms with Gasteiger partial charge in [-0.1, -0.05) is 61.0 Å². The number of rotatable bonds is 7. The summed E-state index contributed by atoms with van der Waals surface area (Å²) in [5.74, 6) is -1.00. The normalized spacial score (nSPS) is 15.6. The van der Waals surface area contributed by atoms with Crippen molar-refractivity contribution in [1.82, 2.24) is 9.62 Å². The summed E-state index contributed by atoms with van der Waals surface area (Å²) in [5.41, 5.74) is 0.955. The van der Waals surface area contributed by atoms with E-state index in [2.05, 4.69) is 5.32 Å². The zero-order valence-electron chi connectivity index (χ0n) is 17.6. The predicted molar refractivity (Wildman–Crippen MR) is 120 cm³/mol. The summed E-state index contributed by atoms with van der Waals surface area (Å²) in [4.78, 5) is 12.8. The number of benzene rings is 2. The minimum absolute atomic E-state index is 0.0379. The fourth-order valence-corrected chi connectivity index (χ4v) is 5.39. The van der Waals surface area contributed by atoms with Gasteiger partial charge >= 0.3 is 0 Å². The Hall–Kier alpha value is -1.96. The number of carbonyl (C=O) groups is 1. The summed E-state index contributed by atoms with van der Waals surface area (Å²) in [5, 5.41) is 3.08. The van der Waals surface area contributed by atoms with Gasteiger partial charge in [0.1, 0.15) is 5.82 Å². The molecule has 0 atom stereocenters. The van der Waals surface area contributed by atoms with Crippen LogP contribution in [-0.2, 0) is 21.4 Å². The average Bonchev–Trinajstić information content (AvgIpc) is 2.99. The molecule has 3 rings (SSSR count). The molecule has 1 N–H and O–H groups in total. The summed E-state index contributed by atoms with van der Waals surface area (Å²) in [6.07, 6.45) is 6.14. The summed E-state index contributed by atoms with van der Waals surface area (Å²) >= 11 is 6.14. The number of amides is 1. The monoisotopic (exact) mass is 466 g/mol. The van der Waals surface area contributed by atoms with Gasteiger partial charge in [0.2, 0.25) is 15.9 Å².